The van der Waals surface area contributed by atoms with Crippen molar-refractivity contribution in [2.75, 3.05) is 0 Å². The smallest absolute Gasteiger partial charge is 0.138 e. The van der Waals surface area contributed by atoms with Gasteiger partial charge < -0.3 is 5.32 Å². The van der Waals surface area contributed by atoms with Crippen LogP contribution in [0.4, 0.5) is 0 Å². The van der Waals surface area contributed by atoms with Crippen LogP contribution in [0.5, 0.6) is 0 Å². The third-order valence-electron chi connectivity index (χ3n) is 2.16. The van der Waals surface area contributed by atoms with Crippen LogP contribution in [0.1, 0.15) is 30.9 Å². The Morgan fingerprint density at radius 2 is 2.36 bits per heavy atom. The van der Waals surface area contributed by atoms with Gasteiger partial charge in [0, 0.05) is 24.8 Å². The third kappa shape index (κ3) is 2.25. The van der Waals surface area contributed by atoms with Crippen LogP contribution in [0.2, 0.25) is 0 Å². The Morgan fingerprint density at radius 1 is 1.50 bits per heavy atom. The Morgan fingerprint density at radius 3 is 3.14 bits per heavy atom. The van der Waals surface area contributed by atoms with Gasteiger partial charge in [0.1, 0.15) is 5.82 Å². The lowest BCUT2D eigenvalue weighted by atomic mass is 10.3. The van der Waals surface area contributed by atoms with E-state index in [-0.39, 0.29) is 0 Å². The average Bonchev–Trinajstić information content (AvgIpc) is 2.61. The molecule has 0 saturated heterocycles. The maximum absolute atomic E-state index is 4.53. The number of nitrogens with one attached hydrogen (secondary N) is 1. The molecule has 3 nitrogen and oxygen atoms in total. The van der Waals surface area contributed by atoms with Gasteiger partial charge in [0.05, 0.1) is 11.4 Å². The molecule has 0 spiro atoms. The van der Waals surface area contributed by atoms with E-state index >= 15 is 0 Å². The normalized spacial score (nSPS) is 14.8. The highest BCUT2D eigenvalue weighted by Gasteiger charge is 2.12. The summed E-state index contributed by atoms with van der Waals surface area (Å²) < 4.78 is 0. The zero-order valence-electron chi connectivity index (χ0n) is 8.58. The lowest BCUT2D eigenvalue weighted by Crippen LogP contribution is -2.01. The number of hydrogen-bond donors (Lipinski definition) is 1. The van der Waals surface area contributed by atoms with Gasteiger partial charge in [-0.2, -0.15) is 11.8 Å². The van der Waals surface area contributed by atoms with Crippen LogP contribution in [-0.4, -0.2) is 15.2 Å². The Hall–Kier alpha value is -0.610. The zero-order valence-corrected chi connectivity index (χ0v) is 9.40. The monoisotopic (exact) mass is 209 g/mol. The summed E-state index contributed by atoms with van der Waals surface area (Å²) in [7, 11) is 0. The minimum Gasteiger partial charge on any atom is -0.307 e. The summed E-state index contributed by atoms with van der Waals surface area (Å²) in [5.74, 6) is 1.89. The molecule has 2 rings (SSSR count). The molecule has 0 fully saturated rings. The SMILES string of the molecule is CC(C)SCc1ncc2c(n1)CNC2. The fourth-order valence-corrected chi connectivity index (χ4v) is 2.03. The van der Waals surface area contributed by atoms with Crippen LogP contribution in [0.25, 0.3) is 0 Å². The summed E-state index contributed by atoms with van der Waals surface area (Å²) in [6.07, 6.45) is 1.96. The Balaban J connectivity index is 2.05. The number of nitrogens with zero attached hydrogens (tertiary/aromatic N) is 2. The molecule has 0 radical (unpaired) electrons. The molecule has 0 atom stereocenters. The fraction of sp³-hybridized carbons (Fsp3) is 0.600. The van der Waals surface area contributed by atoms with E-state index in [0.717, 1.165) is 24.7 Å². The molecule has 1 aliphatic rings. The van der Waals surface area contributed by atoms with E-state index in [1.165, 1.54) is 11.3 Å². The van der Waals surface area contributed by atoms with Crippen LogP contribution in [0.15, 0.2) is 6.20 Å². The molecule has 1 aliphatic heterocycles. The number of rotatable bonds is 3. The van der Waals surface area contributed by atoms with Crippen molar-refractivity contribution >= 4 is 11.8 Å². The molecule has 4 heteroatoms. The van der Waals surface area contributed by atoms with Crippen LogP contribution in [0.3, 0.4) is 0 Å². The first kappa shape index (κ1) is 9.93. The van der Waals surface area contributed by atoms with Crippen LogP contribution in [0, 0.1) is 0 Å². The van der Waals surface area contributed by atoms with Gasteiger partial charge in [0.2, 0.25) is 0 Å². The highest BCUT2D eigenvalue weighted by Crippen LogP contribution is 2.17. The van der Waals surface area contributed by atoms with Crippen molar-refractivity contribution in [2.24, 2.45) is 0 Å². The van der Waals surface area contributed by atoms with Crippen molar-refractivity contribution in [1.29, 1.82) is 0 Å². The Kier molecular flexibility index (Phi) is 3.03. The van der Waals surface area contributed by atoms with Crippen molar-refractivity contribution in [3.05, 3.63) is 23.3 Å². The number of fused-ring (bicyclic) bond motifs is 1. The van der Waals surface area contributed by atoms with Gasteiger partial charge in [-0.1, -0.05) is 13.8 Å². The predicted molar refractivity (Wildman–Crippen MR) is 59.0 cm³/mol. The second kappa shape index (κ2) is 4.28. The molecule has 0 saturated carbocycles. The fourth-order valence-electron chi connectivity index (χ4n) is 1.41. The van der Waals surface area contributed by atoms with E-state index in [4.69, 9.17) is 0 Å². The minimum absolute atomic E-state index is 0.643. The minimum atomic E-state index is 0.643. The van der Waals surface area contributed by atoms with Crippen LogP contribution < -0.4 is 5.32 Å². The first-order chi connectivity index (χ1) is 6.75. The van der Waals surface area contributed by atoms with E-state index in [1.807, 2.05) is 18.0 Å². The number of aromatic nitrogens is 2. The van der Waals surface area contributed by atoms with Gasteiger partial charge in [0.15, 0.2) is 0 Å². The predicted octanol–water partition coefficient (Wildman–Crippen LogP) is 1.72. The maximum atomic E-state index is 4.53. The largest absolute Gasteiger partial charge is 0.307 e. The van der Waals surface area contributed by atoms with E-state index in [2.05, 4.69) is 29.1 Å². The summed E-state index contributed by atoms with van der Waals surface area (Å²) in [6.45, 7) is 6.21. The van der Waals surface area contributed by atoms with Crippen molar-refractivity contribution < 1.29 is 0 Å². The molecular formula is C10H15N3S. The van der Waals surface area contributed by atoms with Crippen LogP contribution >= 0.6 is 11.8 Å². The van der Waals surface area contributed by atoms with Gasteiger partial charge >= 0.3 is 0 Å². The molecular weight excluding hydrogens is 194 g/mol. The quantitative estimate of drug-likeness (QED) is 0.822. The topological polar surface area (TPSA) is 37.8 Å². The van der Waals surface area contributed by atoms with E-state index in [1.54, 1.807) is 0 Å². The average molecular weight is 209 g/mol. The zero-order chi connectivity index (χ0) is 9.97. The van der Waals surface area contributed by atoms with Gasteiger partial charge in [0.25, 0.3) is 0 Å². The van der Waals surface area contributed by atoms with E-state index in [9.17, 15) is 0 Å². The molecule has 1 N–H and O–H groups in total. The standard InChI is InChI=1S/C10H15N3S/c1-7(2)14-6-10-12-4-8-3-11-5-9(8)13-10/h4,7,11H,3,5-6H2,1-2H3. The van der Waals surface area contributed by atoms with E-state index < -0.39 is 0 Å². The summed E-state index contributed by atoms with van der Waals surface area (Å²) in [5.41, 5.74) is 2.43. The van der Waals surface area contributed by atoms with Gasteiger partial charge in [-0.25, -0.2) is 9.97 Å². The van der Waals surface area contributed by atoms with Crippen LogP contribution in [-0.2, 0) is 18.8 Å². The Bertz CT molecular complexity index is 325. The highest BCUT2D eigenvalue weighted by molar-refractivity contribution is 7.99. The van der Waals surface area contributed by atoms with Gasteiger partial charge in [-0.3, -0.25) is 0 Å². The summed E-state index contributed by atoms with van der Waals surface area (Å²) in [5, 5.41) is 3.91. The van der Waals surface area contributed by atoms with E-state index in [0.29, 0.717) is 5.25 Å². The summed E-state index contributed by atoms with van der Waals surface area (Å²) in [6, 6.07) is 0. The molecule has 1 aromatic heterocycles. The molecule has 1 aromatic rings. The molecule has 0 bridgehead atoms. The summed E-state index contributed by atoms with van der Waals surface area (Å²) >= 11 is 1.88. The lowest BCUT2D eigenvalue weighted by Gasteiger charge is -2.04. The van der Waals surface area contributed by atoms with Crippen molar-refractivity contribution in [1.82, 2.24) is 15.3 Å². The lowest BCUT2D eigenvalue weighted by molar-refractivity contribution is 0.756. The molecule has 2 heterocycles. The molecule has 0 aromatic carbocycles. The third-order valence-corrected chi connectivity index (χ3v) is 3.25. The first-order valence-electron chi connectivity index (χ1n) is 4.91. The second-order valence-electron chi connectivity index (χ2n) is 3.72. The maximum Gasteiger partial charge on any atom is 0.138 e. The van der Waals surface area contributed by atoms with Gasteiger partial charge in [-0.05, 0) is 5.25 Å². The number of thioether (sulfide) groups is 1. The highest BCUT2D eigenvalue weighted by atomic mass is 32.2. The first-order valence-corrected chi connectivity index (χ1v) is 5.96. The Labute approximate surface area is 88.7 Å². The molecule has 76 valence electrons. The van der Waals surface area contributed by atoms with Crippen molar-refractivity contribution in [2.45, 2.75) is 37.9 Å². The molecule has 14 heavy (non-hydrogen) atoms. The molecule has 0 amide bonds. The molecule has 0 unspecified atom stereocenters. The second-order valence-corrected chi connectivity index (χ2v) is 5.29. The summed E-state index contributed by atoms with van der Waals surface area (Å²) in [4.78, 5) is 8.88. The molecule has 0 aliphatic carbocycles. The van der Waals surface area contributed by atoms with Crippen molar-refractivity contribution in [3.63, 3.8) is 0 Å². The number of hydrogen-bond acceptors (Lipinski definition) is 4. The van der Waals surface area contributed by atoms with Crippen molar-refractivity contribution in [3.8, 4) is 0 Å². The van der Waals surface area contributed by atoms with Gasteiger partial charge in [-0.15, -0.1) is 0 Å².